The van der Waals surface area contributed by atoms with Crippen molar-refractivity contribution in [3.63, 3.8) is 0 Å². The molecule has 1 aliphatic rings. The molecule has 0 amide bonds. The van der Waals surface area contributed by atoms with E-state index in [0.717, 1.165) is 49.2 Å². The Morgan fingerprint density at radius 1 is 1.20 bits per heavy atom. The van der Waals surface area contributed by atoms with Crippen molar-refractivity contribution < 1.29 is 0 Å². The van der Waals surface area contributed by atoms with Gasteiger partial charge in [-0.1, -0.05) is 23.5 Å². The van der Waals surface area contributed by atoms with E-state index in [9.17, 15) is 0 Å². The van der Waals surface area contributed by atoms with Crippen LogP contribution in [-0.2, 0) is 0 Å². The van der Waals surface area contributed by atoms with Crippen LogP contribution < -0.4 is 16.0 Å². The number of guanidine groups is 1. The van der Waals surface area contributed by atoms with Gasteiger partial charge >= 0.3 is 0 Å². The number of aliphatic imine (C=N–C) groups is 1. The Kier molecular flexibility index (Phi) is 5.84. The number of benzene rings is 1. The average Bonchev–Trinajstić information content (AvgIpc) is 2.87. The molecule has 7 heteroatoms. The molecule has 0 saturated carbocycles. The zero-order chi connectivity index (χ0) is 12.9. The van der Waals surface area contributed by atoms with Gasteiger partial charge in [0.05, 0.1) is 10.2 Å². The van der Waals surface area contributed by atoms with Gasteiger partial charge in [0.15, 0.2) is 11.1 Å². The molecule has 0 bridgehead atoms. The van der Waals surface area contributed by atoms with Crippen LogP contribution in [0.15, 0.2) is 29.3 Å². The first-order valence-corrected chi connectivity index (χ1v) is 7.35. The molecule has 0 spiro atoms. The second-order valence-electron chi connectivity index (χ2n) is 4.35. The van der Waals surface area contributed by atoms with Crippen LogP contribution in [0.5, 0.6) is 0 Å². The molecule has 5 nitrogen and oxygen atoms in total. The van der Waals surface area contributed by atoms with E-state index in [-0.39, 0.29) is 24.0 Å². The van der Waals surface area contributed by atoms with Crippen molar-refractivity contribution in [2.24, 2.45) is 4.99 Å². The minimum atomic E-state index is 0. The first-order chi connectivity index (χ1) is 9.42. The summed E-state index contributed by atoms with van der Waals surface area (Å²) in [4.78, 5) is 8.89. The van der Waals surface area contributed by atoms with Crippen molar-refractivity contribution in [2.75, 3.05) is 31.5 Å². The topological polar surface area (TPSA) is 61.3 Å². The molecule has 0 atom stereocenters. The summed E-state index contributed by atoms with van der Waals surface area (Å²) < 4.78 is 1.22. The van der Waals surface area contributed by atoms with Gasteiger partial charge in [-0.3, -0.25) is 4.99 Å². The maximum atomic E-state index is 4.53. The van der Waals surface area contributed by atoms with Crippen LogP contribution in [0.2, 0.25) is 0 Å². The number of para-hydroxylation sites is 1. The smallest absolute Gasteiger partial charge is 0.191 e. The van der Waals surface area contributed by atoms with E-state index in [4.69, 9.17) is 0 Å². The first kappa shape index (κ1) is 15.3. The lowest BCUT2D eigenvalue weighted by Gasteiger charge is -2.15. The van der Waals surface area contributed by atoms with Crippen LogP contribution in [-0.4, -0.2) is 37.1 Å². The van der Waals surface area contributed by atoms with Crippen molar-refractivity contribution in [3.05, 3.63) is 24.3 Å². The van der Waals surface area contributed by atoms with Crippen LogP contribution in [0.4, 0.5) is 5.13 Å². The molecule has 0 aliphatic carbocycles. The number of anilines is 1. The zero-order valence-corrected chi connectivity index (χ0v) is 14.2. The molecular formula is C13H18IN5S. The number of nitrogens with one attached hydrogen (secondary N) is 3. The summed E-state index contributed by atoms with van der Waals surface area (Å²) in [7, 11) is 0. The Morgan fingerprint density at radius 3 is 2.85 bits per heavy atom. The van der Waals surface area contributed by atoms with Crippen molar-refractivity contribution in [1.29, 1.82) is 0 Å². The quantitative estimate of drug-likeness (QED) is 0.542. The molecular weight excluding hydrogens is 385 g/mol. The van der Waals surface area contributed by atoms with Gasteiger partial charge < -0.3 is 16.0 Å². The summed E-state index contributed by atoms with van der Waals surface area (Å²) in [5.74, 6) is 0.914. The van der Waals surface area contributed by atoms with Gasteiger partial charge in [0.2, 0.25) is 0 Å². The first-order valence-electron chi connectivity index (χ1n) is 6.53. The van der Waals surface area contributed by atoms with Crippen LogP contribution in [0, 0.1) is 0 Å². The number of rotatable bonds is 4. The van der Waals surface area contributed by atoms with E-state index in [0.29, 0.717) is 0 Å². The number of hydrogen-bond donors (Lipinski definition) is 3. The van der Waals surface area contributed by atoms with Crippen molar-refractivity contribution >= 4 is 56.6 Å². The summed E-state index contributed by atoms with van der Waals surface area (Å²) in [5.41, 5.74) is 1.06. The van der Waals surface area contributed by atoms with Gasteiger partial charge in [-0.25, -0.2) is 4.98 Å². The Labute approximate surface area is 139 Å². The molecule has 1 aromatic carbocycles. The highest BCUT2D eigenvalue weighted by molar-refractivity contribution is 14.0. The monoisotopic (exact) mass is 403 g/mol. The maximum absolute atomic E-state index is 4.53. The van der Waals surface area contributed by atoms with E-state index >= 15 is 0 Å². The fourth-order valence-corrected chi connectivity index (χ4v) is 2.84. The van der Waals surface area contributed by atoms with Gasteiger partial charge in [-0.05, 0) is 18.6 Å². The van der Waals surface area contributed by atoms with Gasteiger partial charge in [0.25, 0.3) is 0 Å². The van der Waals surface area contributed by atoms with Gasteiger partial charge in [0, 0.05) is 26.2 Å². The lowest BCUT2D eigenvalue weighted by atomic mass is 10.3. The molecule has 0 fully saturated rings. The van der Waals surface area contributed by atoms with Gasteiger partial charge in [-0.15, -0.1) is 24.0 Å². The number of halogens is 1. The Balaban J connectivity index is 0.00000147. The number of thiazole rings is 1. The van der Waals surface area contributed by atoms with E-state index < -0.39 is 0 Å². The Hall–Kier alpha value is -1.09. The van der Waals surface area contributed by atoms with Crippen molar-refractivity contribution in [3.8, 4) is 0 Å². The third-order valence-electron chi connectivity index (χ3n) is 2.88. The lowest BCUT2D eigenvalue weighted by Crippen LogP contribution is -2.42. The number of nitrogens with zero attached hydrogens (tertiary/aromatic N) is 2. The molecule has 0 saturated heterocycles. The van der Waals surface area contributed by atoms with Crippen molar-refractivity contribution in [1.82, 2.24) is 15.6 Å². The van der Waals surface area contributed by atoms with Crippen molar-refractivity contribution in [2.45, 2.75) is 6.42 Å². The van der Waals surface area contributed by atoms with Crippen LogP contribution >= 0.6 is 35.3 Å². The highest BCUT2D eigenvalue weighted by Gasteiger charge is 2.03. The van der Waals surface area contributed by atoms with E-state index in [1.165, 1.54) is 4.70 Å². The molecule has 1 aromatic heterocycles. The molecule has 3 rings (SSSR count). The van der Waals surface area contributed by atoms with E-state index in [1.807, 2.05) is 18.2 Å². The lowest BCUT2D eigenvalue weighted by molar-refractivity contribution is 0.705. The Bertz CT molecular complexity index is 550. The van der Waals surface area contributed by atoms with E-state index in [1.54, 1.807) is 11.3 Å². The summed E-state index contributed by atoms with van der Waals surface area (Å²) in [6, 6.07) is 8.19. The summed E-state index contributed by atoms with van der Waals surface area (Å²) in [6.07, 6.45) is 1.12. The normalized spacial score (nSPS) is 14.1. The van der Waals surface area contributed by atoms with Crippen LogP contribution in [0.1, 0.15) is 6.42 Å². The molecule has 2 heterocycles. The maximum Gasteiger partial charge on any atom is 0.191 e. The molecule has 108 valence electrons. The minimum Gasteiger partial charge on any atom is -0.360 e. The third kappa shape index (κ3) is 3.95. The molecule has 2 aromatic rings. The van der Waals surface area contributed by atoms with E-state index in [2.05, 4.69) is 32.0 Å². The molecule has 0 radical (unpaired) electrons. The molecule has 3 N–H and O–H groups in total. The molecule has 0 unspecified atom stereocenters. The summed E-state index contributed by atoms with van der Waals surface area (Å²) in [6.45, 7) is 3.60. The predicted molar refractivity (Wildman–Crippen MR) is 96.4 cm³/mol. The zero-order valence-electron chi connectivity index (χ0n) is 11.1. The van der Waals surface area contributed by atoms with Gasteiger partial charge in [-0.2, -0.15) is 0 Å². The predicted octanol–water partition coefficient (Wildman–Crippen LogP) is 2.27. The summed E-state index contributed by atoms with van der Waals surface area (Å²) in [5, 5.41) is 10.8. The number of fused-ring (bicyclic) bond motifs is 1. The van der Waals surface area contributed by atoms with Crippen LogP contribution in [0.25, 0.3) is 10.2 Å². The number of hydrogen-bond acceptors (Lipinski definition) is 6. The average molecular weight is 403 g/mol. The van der Waals surface area contributed by atoms with Gasteiger partial charge in [0.1, 0.15) is 0 Å². The molecule has 20 heavy (non-hydrogen) atoms. The second kappa shape index (κ2) is 7.63. The minimum absolute atomic E-state index is 0. The molecule has 1 aliphatic heterocycles. The highest BCUT2D eigenvalue weighted by atomic mass is 127. The largest absolute Gasteiger partial charge is 0.360 e. The summed E-state index contributed by atoms with van der Waals surface area (Å²) >= 11 is 1.69. The highest BCUT2D eigenvalue weighted by Crippen LogP contribution is 2.24. The third-order valence-corrected chi connectivity index (χ3v) is 3.88. The Morgan fingerprint density at radius 2 is 2.05 bits per heavy atom. The standard InChI is InChI=1S/C13H17N5S.HI/c1-2-5-11-10(4-1)18-13(19-11)17-9-8-16-12-14-6-3-7-15-12;/h1-2,4-5H,3,6-9H2,(H,17,18)(H2,14,15,16);1H. The number of aromatic nitrogens is 1. The SMILES string of the molecule is I.c1ccc2sc(NCCNC3=NCCCN3)nc2c1. The fourth-order valence-electron chi connectivity index (χ4n) is 1.95. The fraction of sp³-hybridized carbons (Fsp3) is 0.385. The second-order valence-corrected chi connectivity index (χ2v) is 5.38. The van der Waals surface area contributed by atoms with Crippen LogP contribution in [0.3, 0.4) is 0 Å².